The quantitative estimate of drug-likeness (QED) is 0.681. The van der Waals surface area contributed by atoms with Crippen LogP contribution in [-0.2, 0) is 14.8 Å². The molecule has 2 rings (SSSR count). The fourth-order valence-electron chi connectivity index (χ4n) is 2.50. The van der Waals surface area contributed by atoms with Gasteiger partial charge in [0, 0.05) is 12.6 Å². The minimum absolute atomic E-state index is 0. The lowest BCUT2D eigenvalue weighted by molar-refractivity contribution is 0.0596. The maximum absolute atomic E-state index is 12.6. The van der Waals surface area contributed by atoms with Crippen molar-refractivity contribution in [2.75, 3.05) is 13.7 Å². The fraction of sp³-hybridized carbons (Fsp3) is 0.316. The first-order valence-corrected chi connectivity index (χ1v) is 9.77. The van der Waals surface area contributed by atoms with E-state index in [0.717, 1.165) is 5.56 Å². The number of hydrogen-bond donors (Lipinski definition) is 2. The number of rotatable bonds is 7. The van der Waals surface area contributed by atoms with Gasteiger partial charge in [-0.1, -0.05) is 50.2 Å². The molecule has 8 heteroatoms. The fourth-order valence-corrected chi connectivity index (χ4v) is 3.76. The molecule has 148 valence electrons. The predicted molar refractivity (Wildman–Crippen MR) is 108 cm³/mol. The Balaban J connectivity index is 0.00000364. The Labute approximate surface area is 166 Å². The van der Waals surface area contributed by atoms with Crippen molar-refractivity contribution in [1.82, 2.24) is 4.72 Å². The smallest absolute Gasteiger partial charge is 0.339 e. The molecule has 0 aromatic heterocycles. The van der Waals surface area contributed by atoms with Gasteiger partial charge in [0.15, 0.2) is 0 Å². The number of sulfonamides is 1. The number of nitrogens with one attached hydrogen (secondary N) is 1. The molecule has 27 heavy (non-hydrogen) atoms. The van der Waals surface area contributed by atoms with E-state index in [4.69, 9.17) is 5.73 Å². The molecule has 0 aliphatic heterocycles. The Morgan fingerprint density at radius 1 is 1.07 bits per heavy atom. The van der Waals surface area contributed by atoms with Crippen molar-refractivity contribution >= 4 is 28.4 Å². The molecule has 1 unspecified atom stereocenters. The molecule has 0 radical (unpaired) electrons. The standard InChI is InChI=1S/C19H24N2O4S.ClH/c1-13(2)14-8-10-15(11-9-14)17(20)12-21-26(23,24)18-7-5-4-6-16(18)19(22)25-3;/h4-11,13,17,21H,12,20H2,1-3H3;1H. The number of hydrogen-bond acceptors (Lipinski definition) is 5. The van der Waals surface area contributed by atoms with E-state index in [1.807, 2.05) is 24.3 Å². The summed E-state index contributed by atoms with van der Waals surface area (Å²) in [5, 5.41) is 0. The van der Waals surface area contributed by atoms with Crippen LogP contribution in [0.15, 0.2) is 53.4 Å². The van der Waals surface area contributed by atoms with Crippen LogP contribution in [0.25, 0.3) is 0 Å². The Kier molecular flexibility index (Phi) is 8.43. The van der Waals surface area contributed by atoms with Gasteiger partial charge in [-0.3, -0.25) is 0 Å². The largest absolute Gasteiger partial charge is 0.465 e. The first-order valence-electron chi connectivity index (χ1n) is 8.28. The van der Waals surface area contributed by atoms with Crippen LogP contribution < -0.4 is 10.5 Å². The number of benzene rings is 2. The number of ether oxygens (including phenoxy) is 1. The van der Waals surface area contributed by atoms with Crippen LogP contribution in [0.5, 0.6) is 0 Å². The van der Waals surface area contributed by atoms with Gasteiger partial charge >= 0.3 is 5.97 Å². The number of esters is 1. The van der Waals surface area contributed by atoms with Crippen molar-refractivity contribution in [2.45, 2.75) is 30.7 Å². The van der Waals surface area contributed by atoms with Gasteiger partial charge < -0.3 is 10.5 Å². The van der Waals surface area contributed by atoms with Gasteiger partial charge in [-0.15, -0.1) is 12.4 Å². The van der Waals surface area contributed by atoms with Crippen LogP contribution in [0.1, 0.15) is 47.3 Å². The summed E-state index contributed by atoms with van der Waals surface area (Å²) in [4.78, 5) is 11.7. The van der Waals surface area contributed by atoms with E-state index in [-0.39, 0.29) is 29.4 Å². The highest BCUT2D eigenvalue weighted by molar-refractivity contribution is 7.89. The monoisotopic (exact) mass is 412 g/mol. The third-order valence-electron chi connectivity index (χ3n) is 4.11. The summed E-state index contributed by atoms with van der Waals surface area (Å²) in [6.45, 7) is 4.21. The Bertz CT molecular complexity index is 868. The van der Waals surface area contributed by atoms with Crippen molar-refractivity contribution in [2.24, 2.45) is 5.73 Å². The van der Waals surface area contributed by atoms with Gasteiger partial charge in [-0.25, -0.2) is 17.9 Å². The second-order valence-corrected chi connectivity index (χ2v) is 8.00. The van der Waals surface area contributed by atoms with Crippen molar-refractivity contribution in [1.29, 1.82) is 0 Å². The molecule has 2 aromatic carbocycles. The van der Waals surface area contributed by atoms with Gasteiger partial charge in [0.25, 0.3) is 0 Å². The molecule has 0 saturated heterocycles. The van der Waals surface area contributed by atoms with E-state index in [1.54, 1.807) is 12.1 Å². The Morgan fingerprint density at radius 3 is 2.19 bits per heavy atom. The Hall–Kier alpha value is -1.93. The van der Waals surface area contributed by atoms with Gasteiger partial charge in [0.1, 0.15) is 0 Å². The lowest BCUT2D eigenvalue weighted by Crippen LogP contribution is -2.32. The molecule has 0 saturated carbocycles. The molecule has 1 atom stereocenters. The summed E-state index contributed by atoms with van der Waals surface area (Å²) in [6, 6.07) is 13.2. The third-order valence-corrected chi connectivity index (χ3v) is 5.59. The molecule has 0 amide bonds. The van der Waals surface area contributed by atoms with Gasteiger partial charge in [0.05, 0.1) is 17.6 Å². The van der Waals surface area contributed by atoms with Crippen molar-refractivity contribution < 1.29 is 17.9 Å². The maximum Gasteiger partial charge on any atom is 0.339 e. The molecule has 3 N–H and O–H groups in total. The molecule has 0 aliphatic carbocycles. The summed E-state index contributed by atoms with van der Waals surface area (Å²) in [7, 11) is -2.70. The third kappa shape index (κ3) is 5.77. The highest BCUT2D eigenvalue weighted by atomic mass is 35.5. The minimum Gasteiger partial charge on any atom is -0.465 e. The van der Waals surface area contributed by atoms with Gasteiger partial charge in [-0.2, -0.15) is 0 Å². The zero-order valence-electron chi connectivity index (χ0n) is 15.5. The molecular weight excluding hydrogens is 388 g/mol. The summed E-state index contributed by atoms with van der Waals surface area (Å²) < 4.78 is 32.3. The molecule has 0 bridgehead atoms. The van der Waals surface area contributed by atoms with Crippen LogP contribution in [0, 0.1) is 0 Å². The second-order valence-electron chi connectivity index (χ2n) is 6.27. The van der Waals surface area contributed by atoms with Gasteiger partial charge in [-0.05, 0) is 29.2 Å². The predicted octanol–water partition coefficient (Wildman–Crippen LogP) is 3.00. The average Bonchev–Trinajstić information content (AvgIpc) is 2.65. The number of halogens is 1. The topological polar surface area (TPSA) is 98.5 Å². The summed E-state index contributed by atoms with van der Waals surface area (Å²) in [5.74, 6) is -0.298. The van der Waals surface area contributed by atoms with Gasteiger partial charge in [0.2, 0.25) is 10.0 Å². The summed E-state index contributed by atoms with van der Waals surface area (Å²) in [5.41, 5.74) is 8.12. The minimum atomic E-state index is -3.90. The first-order chi connectivity index (χ1) is 12.3. The Morgan fingerprint density at radius 2 is 1.63 bits per heavy atom. The van der Waals surface area contributed by atoms with E-state index < -0.39 is 22.0 Å². The second kappa shape index (κ2) is 9.85. The number of nitrogens with two attached hydrogens (primary N) is 1. The van der Waals surface area contributed by atoms with Crippen molar-refractivity contribution in [3.8, 4) is 0 Å². The zero-order valence-corrected chi connectivity index (χ0v) is 17.1. The highest BCUT2D eigenvalue weighted by Gasteiger charge is 2.23. The molecule has 0 heterocycles. The van der Waals surface area contributed by atoms with Crippen LogP contribution in [0.4, 0.5) is 0 Å². The van der Waals surface area contributed by atoms with E-state index in [1.165, 1.54) is 24.8 Å². The SMILES string of the molecule is COC(=O)c1ccccc1S(=O)(=O)NCC(N)c1ccc(C(C)C)cc1.Cl. The molecule has 6 nitrogen and oxygen atoms in total. The highest BCUT2D eigenvalue weighted by Crippen LogP contribution is 2.19. The summed E-state index contributed by atoms with van der Waals surface area (Å²) in [6.07, 6.45) is 0. The first kappa shape index (κ1) is 23.1. The number of carbonyl (C=O) groups excluding carboxylic acids is 1. The van der Waals surface area contributed by atoms with Crippen LogP contribution in [0.2, 0.25) is 0 Å². The average molecular weight is 413 g/mol. The van der Waals surface area contributed by atoms with Crippen LogP contribution >= 0.6 is 12.4 Å². The van der Waals surface area contributed by atoms with E-state index in [2.05, 4.69) is 23.3 Å². The van der Waals surface area contributed by atoms with E-state index >= 15 is 0 Å². The van der Waals surface area contributed by atoms with Crippen molar-refractivity contribution in [3.05, 3.63) is 65.2 Å². The van der Waals surface area contributed by atoms with Crippen LogP contribution in [0.3, 0.4) is 0 Å². The molecule has 0 aliphatic rings. The molecule has 0 spiro atoms. The van der Waals surface area contributed by atoms with E-state index in [0.29, 0.717) is 5.92 Å². The number of carbonyl (C=O) groups is 1. The zero-order chi connectivity index (χ0) is 19.3. The molecule has 2 aromatic rings. The summed E-state index contributed by atoms with van der Waals surface area (Å²) >= 11 is 0. The molecule has 0 fully saturated rings. The maximum atomic E-state index is 12.6. The molecular formula is C19H25ClN2O4S. The van der Waals surface area contributed by atoms with Crippen LogP contribution in [-0.4, -0.2) is 28.0 Å². The van der Waals surface area contributed by atoms with E-state index in [9.17, 15) is 13.2 Å². The number of methoxy groups -OCH3 is 1. The lowest BCUT2D eigenvalue weighted by Gasteiger charge is -2.15. The van der Waals surface area contributed by atoms with Crippen molar-refractivity contribution in [3.63, 3.8) is 0 Å². The lowest BCUT2D eigenvalue weighted by atomic mass is 9.99. The normalized spacial score (nSPS) is 12.3.